The third-order valence-electron chi connectivity index (χ3n) is 1.40. The van der Waals surface area contributed by atoms with Crippen LogP contribution in [0.2, 0.25) is 0 Å². The van der Waals surface area contributed by atoms with Crippen LogP contribution >= 0.6 is 11.3 Å². The fraction of sp³-hybridized carbons (Fsp3) is 0.286. The van der Waals surface area contributed by atoms with Crippen LogP contribution in [0.4, 0.5) is 0 Å². The molecule has 0 aromatic carbocycles. The molecule has 1 heterocycles. The van der Waals surface area contributed by atoms with Crippen molar-refractivity contribution in [2.75, 3.05) is 14.1 Å². The minimum Gasteiger partial charge on any atom is -0.477 e. The first-order chi connectivity index (χ1) is 6.83. The molecule has 15 heavy (non-hydrogen) atoms. The summed E-state index contributed by atoms with van der Waals surface area (Å²) in [5, 5.41) is 11.2. The number of carboxylic acids is 1. The highest BCUT2D eigenvalue weighted by Gasteiger charge is 2.18. The lowest BCUT2D eigenvalue weighted by Crippen LogP contribution is -2.35. The number of carboxylic acid groups (broad SMARTS) is 1. The maximum atomic E-state index is 11.5. The van der Waals surface area contributed by atoms with Crippen LogP contribution in [-0.2, 0) is 10.0 Å². The van der Waals surface area contributed by atoms with Crippen LogP contribution in [-0.4, -0.2) is 38.6 Å². The zero-order chi connectivity index (χ0) is 11.6. The van der Waals surface area contributed by atoms with Crippen LogP contribution in [0, 0.1) is 0 Å². The fourth-order valence-corrected chi connectivity index (χ4v) is 3.06. The number of aromatic carboxylic acids is 1. The number of thiophene rings is 1. The van der Waals surface area contributed by atoms with Gasteiger partial charge in [-0.05, 0) is 6.07 Å². The van der Waals surface area contributed by atoms with Crippen molar-refractivity contribution in [3.8, 4) is 0 Å². The van der Waals surface area contributed by atoms with Crippen molar-refractivity contribution >= 4 is 27.3 Å². The number of nitrogens with zero attached hydrogens (tertiary/aromatic N) is 1. The van der Waals surface area contributed by atoms with Gasteiger partial charge in [0.2, 0.25) is 0 Å². The van der Waals surface area contributed by atoms with Crippen LogP contribution in [0.25, 0.3) is 0 Å². The lowest BCUT2D eigenvalue weighted by Gasteiger charge is -2.10. The summed E-state index contributed by atoms with van der Waals surface area (Å²) in [6, 6.07) is 1.12. The third-order valence-corrected chi connectivity index (χ3v) is 3.93. The molecule has 0 radical (unpaired) electrons. The Kier molecular flexibility index (Phi) is 3.45. The lowest BCUT2D eigenvalue weighted by molar-refractivity contribution is 0.0702. The Hall–Kier alpha value is -0.960. The molecule has 0 aliphatic heterocycles. The van der Waals surface area contributed by atoms with Crippen molar-refractivity contribution in [1.29, 1.82) is 0 Å². The summed E-state index contributed by atoms with van der Waals surface area (Å²) in [4.78, 5) is 12.7. The Bertz CT molecular complexity index is 463. The summed E-state index contributed by atoms with van der Waals surface area (Å²) >= 11 is 0.874. The Morgan fingerprint density at radius 2 is 2.13 bits per heavy atom. The van der Waals surface area contributed by atoms with Gasteiger partial charge in [0, 0.05) is 19.5 Å². The maximum absolute atomic E-state index is 11.5. The van der Waals surface area contributed by atoms with Gasteiger partial charge < -0.3 is 5.11 Å². The molecular formula is C7H10N2O4S2. The average molecular weight is 250 g/mol. The molecule has 1 aromatic rings. The lowest BCUT2D eigenvalue weighted by atomic mass is 10.5. The van der Waals surface area contributed by atoms with Gasteiger partial charge in [0.25, 0.3) is 10.0 Å². The highest BCUT2D eigenvalue weighted by molar-refractivity contribution is 7.89. The van der Waals surface area contributed by atoms with Crippen LogP contribution in [0.1, 0.15) is 9.67 Å². The molecule has 1 aromatic heterocycles. The SMILES string of the molecule is CN(C)NS(=O)(=O)c1csc(C(=O)O)c1. The number of nitrogens with one attached hydrogen (secondary N) is 1. The van der Waals surface area contributed by atoms with E-state index in [1.165, 1.54) is 24.5 Å². The summed E-state index contributed by atoms with van der Waals surface area (Å²) in [6.07, 6.45) is 0. The van der Waals surface area contributed by atoms with Crippen LogP contribution in [0.3, 0.4) is 0 Å². The van der Waals surface area contributed by atoms with Gasteiger partial charge in [-0.25, -0.2) is 18.2 Å². The predicted molar refractivity (Wildman–Crippen MR) is 55.3 cm³/mol. The van der Waals surface area contributed by atoms with E-state index in [4.69, 9.17) is 5.11 Å². The molecule has 2 N–H and O–H groups in total. The standard InChI is InChI=1S/C7H10N2O4S2/c1-9(2)8-15(12,13)5-3-6(7(10)11)14-4-5/h3-4,8H,1-2H3,(H,10,11). The molecule has 0 saturated carbocycles. The van der Waals surface area contributed by atoms with E-state index in [0.717, 1.165) is 17.4 Å². The molecule has 0 spiro atoms. The molecule has 0 bridgehead atoms. The van der Waals surface area contributed by atoms with E-state index in [0.29, 0.717) is 0 Å². The van der Waals surface area contributed by atoms with E-state index in [1.807, 2.05) is 0 Å². The molecule has 0 aliphatic rings. The number of carbonyl (C=O) groups is 1. The summed E-state index contributed by atoms with van der Waals surface area (Å²) in [5.74, 6) is -1.13. The topological polar surface area (TPSA) is 86.7 Å². The number of hydrogen-bond acceptors (Lipinski definition) is 5. The average Bonchev–Trinajstić information content (AvgIpc) is 2.48. The van der Waals surface area contributed by atoms with Gasteiger partial charge in [0.05, 0.1) is 4.90 Å². The van der Waals surface area contributed by atoms with Gasteiger partial charge in [0.15, 0.2) is 0 Å². The smallest absolute Gasteiger partial charge is 0.345 e. The number of rotatable bonds is 4. The molecule has 0 atom stereocenters. The summed E-state index contributed by atoms with van der Waals surface area (Å²) in [7, 11) is -0.590. The first-order valence-electron chi connectivity index (χ1n) is 3.84. The monoisotopic (exact) mass is 250 g/mol. The minimum atomic E-state index is -3.65. The van der Waals surface area contributed by atoms with Crippen LogP contribution in [0.15, 0.2) is 16.3 Å². The molecule has 6 nitrogen and oxygen atoms in total. The van der Waals surface area contributed by atoms with Crippen molar-refractivity contribution in [2.45, 2.75) is 4.90 Å². The summed E-state index contributed by atoms with van der Waals surface area (Å²) in [5.41, 5.74) is 0. The molecule has 8 heteroatoms. The highest BCUT2D eigenvalue weighted by atomic mass is 32.2. The van der Waals surface area contributed by atoms with Crippen LogP contribution < -0.4 is 4.83 Å². The molecule has 84 valence electrons. The maximum Gasteiger partial charge on any atom is 0.345 e. The minimum absolute atomic E-state index is 0.00543. The van der Waals surface area contributed by atoms with Gasteiger partial charge >= 0.3 is 5.97 Å². The van der Waals surface area contributed by atoms with Crippen LogP contribution in [0.5, 0.6) is 0 Å². The molecule has 0 fully saturated rings. The quantitative estimate of drug-likeness (QED) is 0.745. The first-order valence-corrected chi connectivity index (χ1v) is 6.21. The van der Waals surface area contributed by atoms with E-state index >= 15 is 0 Å². The molecule has 1 rings (SSSR count). The molecule has 0 saturated heterocycles. The zero-order valence-electron chi connectivity index (χ0n) is 8.09. The summed E-state index contributed by atoms with van der Waals surface area (Å²) < 4.78 is 23.1. The van der Waals surface area contributed by atoms with E-state index < -0.39 is 16.0 Å². The molecular weight excluding hydrogens is 240 g/mol. The Balaban J connectivity index is 3.01. The Morgan fingerprint density at radius 1 is 1.53 bits per heavy atom. The van der Waals surface area contributed by atoms with Gasteiger partial charge in [-0.1, -0.05) is 0 Å². The van der Waals surface area contributed by atoms with Crippen molar-refractivity contribution in [3.63, 3.8) is 0 Å². The first kappa shape index (κ1) is 12.1. The molecule has 0 amide bonds. The van der Waals surface area contributed by atoms with Gasteiger partial charge in [0.1, 0.15) is 4.88 Å². The van der Waals surface area contributed by atoms with Gasteiger partial charge in [-0.15, -0.1) is 16.2 Å². The second-order valence-electron chi connectivity index (χ2n) is 2.94. The number of hydrazine groups is 1. The van der Waals surface area contributed by atoms with E-state index in [1.54, 1.807) is 0 Å². The highest BCUT2D eigenvalue weighted by Crippen LogP contribution is 2.18. The summed E-state index contributed by atoms with van der Waals surface area (Å²) in [6.45, 7) is 0. The van der Waals surface area contributed by atoms with Crippen molar-refractivity contribution in [3.05, 3.63) is 16.3 Å². The fourth-order valence-electron chi connectivity index (χ4n) is 0.865. The van der Waals surface area contributed by atoms with E-state index in [-0.39, 0.29) is 9.77 Å². The van der Waals surface area contributed by atoms with Crippen molar-refractivity contribution in [2.24, 2.45) is 0 Å². The largest absolute Gasteiger partial charge is 0.477 e. The Labute approximate surface area is 91.2 Å². The zero-order valence-corrected chi connectivity index (χ0v) is 9.72. The van der Waals surface area contributed by atoms with Crippen molar-refractivity contribution < 1.29 is 18.3 Å². The normalized spacial score (nSPS) is 11.9. The predicted octanol–water partition coefficient (Wildman–Crippen LogP) is 0.201. The van der Waals surface area contributed by atoms with Gasteiger partial charge in [-0.3, -0.25) is 0 Å². The number of sulfonamides is 1. The van der Waals surface area contributed by atoms with Gasteiger partial charge in [-0.2, -0.15) is 0 Å². The second-order valence-corrected chi connectivity index (χ2v) is 5.51. The second kappa shape index (κ2) is 4.27. The molecule has 0 aliphatic carbocycles. The third kappa shape index (κ3) is 2.99. The van der Waals surface area contributed by atoms with E-state index in [2.05, 4.69) is 4.83 Å². The Morgan fingerprint density at radius 3 is 2.53 bits per heavy atom. The van der Waals surface area contributed by atoms with E-state index in [9.17, 15) is 13.2 Å². The van der Waals surface area contributed by atoms with Crippen molar-refractivity contribution in [1.82, 2.24) is 9.84 Å². The number of hydrogen-bond donors (Lipinski definition) is 2. The molecule has 0 unspecified atom stereocenters.